The fraction of sp³-hybridized carbons (Fsp3) is 0.316. The van der Waals surface area contributed by atoms with Gasteiger partial charge in [-0.05, 0) is 30.2 Å². The van der Waals surface area contributed by atoms with Crippen molar-refractivity contribution in [3.8, 4) is 0 Å². The van der Waals surface area contributed by atoms with Gasteiger partial charge in [-0.1, -0.05) is 41.9 Å². The summed E-state index contributed by atoms with van der Waals surface area (Å²) in [5, 5.41) is 10.5. The zero-order valence-electron chi connectivity index (χ0n) is 13.4. The highest BCUT2D eigenvalue weighted by Crippen LogP contribution is 2.23. The molecule has 2 aromatic carbocycles. The Balaban J connectivity index is 1.72. The summed E-state index contributed by atoms with van der Waals surface area (Å²) in [7, 11) is 0. The van der Waals surface area contributed by atoms with Gasteiger partial charge in [0, 0.05) is 24.7 Å². The number of β-amino-alcohol motifs (C(OH)–C–C–N with tert-alkyl or cyclic N) is 1. The fourth-order valence-corrected chi connectivity index (χ4v) is 3.54. The molecule has 1 aliphatic rings. The molecule has 3 aromatic rings. The standard InChI is InChI=1S/C19H20ClN3O/c20-15-6-7-18-17(10-15)21-19(13-22-9-8-16(24)12-22)23(18)11-14-4-2-1-3-5-14/h1-7,10,16,24H,8-9,11-13H2/t16-/m0/s1. The van der Waals surface area contributed by atoms with Crippen molar-refractivity contribution in [3.63, 3.8) is 0 Å². The van der Waals surface area contributed by atoms with Crippen LogP contribution in [0.25, 0.3) is 11.0 Å². The normalized spacial score (nSPS) is 18.5. The second kappa shape index (κ2) is 6.55. The minimum absolute atomic E-state index is 0.216. The van der Waals surface area contributed by atoms with E-state index in [4.69, 9.17) is 16.6 Å². The zero-order chi connectivity index (χ0) is 16.5. The van der Waals surface area contributed by atoms with E-state index in [9.17, 15) is 5.11 Å². The number of likely N-dealkylation sites (tertiary alicyclic amines) is 1. The lowest BCUT2D eigenvalue weighted by Gasteiger charge is -2.16. The van der Waals surface area contributed by atoms with Crippen LogP contribution in [0.4, 0.5) is 0 Å². The maximum Gasteiger partial charge on any atom is 0.124 e. The van der Waals surface area contributed by atoms with E-state index in [0.717, 1.165) is 49.5 Å². The molecule has 1 fully saturated rings. The molecule has 1 atom stereocenters. The first kappa shape index (κ1) is 15.6. The third kappa shape index (κ3) is 3.18. The van der Waals surface area contributed by atoms with Crippen molar-refractivity contribution < 1.29 is 5.11 Å². The van der Waals surface area contributed by atoms with Gasteiger partial charge in [-0.2, -0.15) is 0 Å². The monoisotopic (exact) mass is 341 g/mol. The van der Waals surface area contributed by atoms with Gasteiger partial charge in [-0.3, -0.25) is 4.90 Å². The Morgan fingerprint density at radius 1 is 1.12 bits per heavy atom. The molecular weight excluding hydrogens is 322 g/mol. The number of aliphatic hydroxyl groups is 1. The van der Waals surface area contributed by atoms with Gasteiger partial charge in [-0.25, -0.2) is 4.98 Å². The largest absolute Gasteiger partial charge is 0.392 e. The highest BCUT2D eigenvalue weighted by Gasteiger charge is 2.22. The van der Waals surface area contributed by atoms with E-state index in [1.165, 1.54) is 5.56 Å². The fourth-order valence-electron chi connectivity index (χ4n) is 3.37. The lowest BCUT2D eigenvalue weighted by atomic mass is 10.2. The van der Waals surface area contributed by atoms with Gasteiger partial charge in [0.05, 0.1) is 23.7 Å². The average Bonchev–Trinajstić information content (AvgIpc) is 3.12. The summed E-state index contributed by atoms with van der Waals surface area (Å²) in [5.41, 5.74) is 3.26. The molecule has 5 heteroatoms. The second-order valence-electron chi connectivity index (χ2n) is 6.41. The first-order chi connectivity index (χ1) is 11.7. The quantitative estimate of drug-likeness (QED) is 0.791. The molecule has 0 spiro atoms. The highest BCUT2D eigenvalue weighted by atomic mass is 35.5. The molecule has 124 valence electrons. The summed E-state index contributed by atoms with van der Waals surface area (Å²) >= 11 is 6.14. The van der Waals surface area contributed by atoms with Crippen LogP contribution < -0.4 is 0 Å². The van der Waals surface area contributed by atoms with E-state index >= 15 is 0 Å². The SMILES string of the molecule is O[C@H]1CCN(Cc2nc3cc(Cl)ccc3n2Cc2ccccc2)C1. The first-order valence-corrected chi connectivity index (χ1v) is 8.66. The van der Waals surface area contributed by atoms with Crippen molar-refractivity contribution in [3.05, 3.63) is 64.9 Å². The summed E-state index contributed by atoms with van der Waals surface area (Å²) in [4.78, 5) is 7.07. The highest BCUT2D eigenvalue weighted by molar-refractivity contribution is 6.31. The average molecular weight is 342 g/mol. The third-order valence-electron chi connectivity index (χ3n) is 4.59. The lowest BCUT2D eigenvalue weighted by molar-refractivity contribution is 0.173. The maximum absolute atomic E-state index is 9.77. The topological polar surface area (TPSA) is 41.3 Å². The molecular formula is C19H20ClN3O. The zero-order valence-corrected chi connectivity index (χ0v) is 14.2. The predicted molar refractivity (Wildman–Crippen MR) is 96.2 cm³/mol. The molecule has 0 aliphatic carbocycles. The van der Waals surface area contributed by atoms with Gasteiger partial charge in [0.25, 0.3) is 0 Å². The first-order valence-electron chi connectivity index (χ1n) is 8.28. The molecule has 1 saturated heterocycles. The lowest BCUT2D eigenvalue weighted by Crippen LogP contribution is -2.23. The molecule has 0 unspecified atom stereocenters. The number of rotatable bonds is 4. The molecule has 0 radical (unpaired) electrons. The molecule has 0 bridgehead atoms. The van der Waals surface area contributed by atoms with Crippen LogP contribution in [0.3, 0.4) is 0 Å². The third-order valence-corrected chi connectivity index (χ3v) is 4.82. The van der Waals surface area contributed by atoms with Crippen molar-refractivity contribution in [1.82, 2.24) is 14.5 Å². The number of hydrogen-bond acceptors (Lipinski definition) is 3. The van der Waals surface area contributed by atoms with Gasteiger partial charge < -0.3 is 9.67 Å². The predicted octanol–water partition coefficient (Wildman–Crippen LogP) is 3.30. The van der Waals surface area contributed by atoms with Crippen LogP contribution in [0.1, 0.15) is 17.8 Å². The van der Waals surface area contributed by atoms with Gasteiger partial charge in [-0.15, -0.1) is 0 Å². The van der Waals surface area contributed by atoms with E-state index < -0.39 is 0 Å². The number of hydrogen-bond donors (Lipinski definition) is 1. The van der Waals surface area contributed by atoms with Crippen LogP contribution in [-0.4, -0.2) is 38.8 Å². The Labute approximate surface area is 146 Å². The Bertz CT molecular complexity index is 846. The van der Waals surface area contributed by atoms with Crippen LogP contribution >= 0.6 is 11.6 Å². The van der Waals surface area contributed by atoms with Crippen molar-refractivity contribution in [2.75, 3.05) is 13.1 Å². The Kier molecular flexibility index (Phi) is 4.27. The minimum Gasteiger partial charge on any atom is -0.392 e. The number of fused-ring (bicyclic) bond motifs is 1. The van der Waals surface area contributed by atoms with Gasteiger partial charge in [0.2, 0.25) is 0 Å². The number of aromatic nitrogens is 2. The van der Waals surface area contributed by atoms with Crippen molar-refractivity contribution in [2.45, 2.75) is 25.6 Å². The number of nitrogens with zero attached hydrogens (tertiary/aromatic N) is 3. The Morgan fingerprint density at radius 3 is 2.71 bits per heavy atom. The molecule has 1 N–H and O–H groups in total. The van der Waals surface area contributed by atoms with Gasteiger partial charge >= 0.3 is 0 Å². The summed E-state index contributed by atoms with van der Waals surface area (Å²) in [6.45, 7) is 3.16. The summed E-state index contributed by atoms with van der Waals surface area (Å²) in [5.74, 6) is 1.02. The van der Waals surface area contributed by atoms with Crippen LogP contribution in [-0.2, 0) is 13.1 Å². The smallest absolute Gasteiger partial charge is 0.124 e. The number of aliphatic hydroxyl groups excluding tert-OH is 1. The van der Waals surface area contributed by atoms with E-state index in [2.05, 4.69) is 33.7 Å². The maximum atomic E-state index is 9.77. The van der Waals surface area contributed by atoms with E-state index in [1.54, 1.807) is 0 Å². The van der Waals surface area contributed by atoms with Crippen LogP contribution in [0, 0.1) is 0 Å². The second-order valence-corrected chi connectivity index (χ2v) is 6.85. The van der Waals surface area contributed by atoms with E-state index in [1.807, 2.05) is 24.3 Å². The molecule has 4 nitrogen and oxygen atoms in total. The number of benzene rings is 2. The molecule has 4 rings (SSSR count). The van der Waals surface area contributed by atoms with Crippen LogP contribution in [0.5, 0.6) is 0 Å². The number of imidazole rings is 1. The number of halogens is 1. The summed E-state index contributed by atoms with van der Waals surface area (Å²) in [6, 6.07) is 16.3. The summed E-state index contributed by atoms with van der Waals surface area (Å²) < 4.78 is 2.26. The minimum atomic E-state index is -0.216. The molecule has 1 aromatic heterocycles. The molecule has 2 heterocycles. The summed E-state index contributed by atoms with van der Waals surface area (Å²) in [6.07, 6.45) is 0.622. The van der Waals surface area contributed by atoms with Crippen molar-refractivity contribution in [1.29, 1.82) is 0 Å². The van der Waals surface area contributed by atoms with E-state index in [0.29, 0.717) is 5.02 Å². The van der Waals surface area contributed by atoms with Crippen LogP contribution in [0.2, 0.25) is 5.02 Å². The van der Waals surface area contributed by atoms with E-state index in [-0.39, 0.29) is 6.10 Å². The molecule has 1 aliphatic heterocycles. The van der Waals surface area contributed by atoms with Gasteiger partial charge in [0.15, 0.2) is 0 Å². The Morgan fingerprint density at radius 2 is 1.96 bits per heavy atom. The Hall–Kier alpha value is -1.88. The van der Waals surface area contributed by atoms with Gasteiger partial charge in [0.1, 0.15) is 5.82 Å². The molecule has 0 saturated carbocycles. The van der Waals surface area contributed by atoms with Crippen molar-refractivity contribution in [2.24, 2.45) is 0 Å². The molecule has 24 heavy (non-hydrogen) atoms. The molecule has 0 amide bonds. The van der Waals surface area contributed by atoms with Crippen molar-refractivity contribution >= 4 is 22.6 Å². The van der Waals surface area contributed by atoms with Crippen LogP contribution in [0.15, 0.2) is 48.5 Å².